The predicted octanol–water partition coefficient (Wildman–Crippen LogP) is 3.84. The summed E-state index contributed by atoms with van der Waals surface area (Å²) in [4.78, 5) is 4.20. The number of para-hydroxylation sites is 1. The quantitative estimate of drug-likeness (QED) is 0.749. The maximum atomic E-state index is 12.6. The number of rotatable bonds is 5. The zero-order valence-electron chi connectivity index (χ0n) is 11.1. The second-order valence-electron chi connectivity index (χ2n) is 4.12. The zero-order valence-corrected chi connectivity index (χ0v) is 15.1. The van der Waals surface area contributed by atoms with Crippen molar-refractivity contribution in [3.05, 3.63) is 45.5 Å². The SMILES string of the molecule is CCNc1ncc(Br)cc1S(=O)(=O)Nc1ccccc1Br. The fourth-order valence-corrected chi connectivity index (χ4v) is 3.91. The lowest BCUT2D eigenvalue weighted by molar-refractivity contribution is 0.601. The molecule has 8 heteroatoms. The largest absolute Gasteiger partial charge is 0.369 e. The van der Waals surface area contributed by atoms with Gasteiger partial charge in [0.15, 0.2) is 0 Å². The molecule has 0 amide bonds. The average molecular weight is 435 g/mol. The summed E-state index contributed by atoms with van der Waals surface area (Å²) in [6, 6.07) is 8.53. The van der Waals surface area contributed by atoms with E-state index >= 15 is 0 Å². The zero-order chi connectivity index (χ0) is 15.5. The van der Waals surface area contributed by atoms with Gasteiger partial charge in [-0.1, -0.05) is 12.1 Å². The van der Waals surface area contributed by atoms with Crippen LogP contribution in [-0.4, -0.2) is 19.9 Å². The van der Waals surface area contributed by atoms with Crippen LogP contribution in [0.3, 0.4) is 0 Å². The number of halogens is 2. The van der Waals surface area contributed by atoms with Gasteiger partial charge in [0, 0.05) is 21.7 Å². The first-order valence-electron chi connectivity index (χ1n) is 6.11. The molecule has 0 radical (unpaired) electrons. The van der Waals surface area contributed by atoms with Crippen LogP contribution in [0.2, 0.25) is 0 Å². The third-order valence-corrected chi connectivity index (χ3v) is 5.08. The third kappa shape index (κ3) is 3.96. The van der Waals surface area contributed by atoms with Crippen LogP contribution in [0.15, 0.2) is 50.4 Å². The number of pyridine rings is 1. The molecule has 0 unspecified atom stereocenters. The van der Waals surface area contributed by atoms with Gasteiger partial charge in [-0.3, -0.25) is 4.72 Å². The summed E-state index contributed by atoms with van der Waals surface area (Å²) in [6.07, 6.45) is 1.55. The van der Waals surface area contributed by atoms with Gasteiger partial charge in [0.2, 0.25) is 0 Å². The van der Waals surface area contributed by atoms with Crippen molar-refractivity contribution in [2.75, 3.05) is 16.6 Å². The van der Waals surface area contributed by atoms with Crippen molar-refractivity contribution in [2.24, 2.45) is 0 Å². The van der Waals surface area contributed by atoms with Gasteiger partial charge < -0.3 is 5.32 Å². The van der Waals surface area contributed by atoms with Gasteiger partial charge in [-0.25, -0.2) is 13.4 Å². The van der Waals surface area contributed by atoms with E-state index in [2.05, 4.69) is 46.9 Å². The van der Waals surface area contributed by atoms with Crippen molar-refractivity contribution in [3.63, 3.8) is 0 Å². The Hall–Kier alpha value is -1.12. The van der Waals surface area contributed by atoms with Crippen LogP contribution in [0.5, 0.6) is 0 Å². The maximum Gasteiger partial charge on any atom is 0.265 e. The number of nitrogens with one attached hydrogen (secondary N) is 2. The standard InChI is InChI=1S/C13H13Br2N3O2S/c1-2-16-13-12(7-9(14)8-17-13)21(19,20)18-11-6-4-3-5-10(11)15/h3-8,18H,2H2,1H3,(H,16,17). The average Bonchev–Trinajstić information content (AvgIpc) is 2.43. The van der Waals surface area contributed by atoms with E-state index in [1.165, 1.54) is 6.07 Å². The molecule has 1 aromatic heterocycles. The molecule has 1 aromatic carbocycles. The number of benzene rings is 1. The molecule has 2 rings (SSSR count). The molecule has 0 aliphatic rings. The first-order valence-corrected chi connectivity index (χ1v) is 9.17. The Morgan fingerprint density at radius 1 is 1.24 bits per heavy atom. The summed E-state index contributed by atoms with van der Waals surface area (Å²) in [7, 11) is -3.75. The molecule has 112 valence electrons. The van der Waals surface area contributed by atoms with Crippen molar-refractivity contribution in [3.8, 4) is 0 Å². The molecule has 1 heterocycles. The smallest absolute Gasteiger partial charge is 0.265 e. The van der Waals surface area contributed by atoms with E-state index in [0.29, 0.717) is 27.0 Å². The fourth-order valence-electron chi connectivity index (χ4n) is 1.67. The highest BCUT2D eigenvalue weighted by atomic mass is 79.9. The van der Waals surface area contributed by atoms with Gasteiger partial charge in [0.25, 0.3) is 10.0 Å². The van der Waals surface area contributed by atoms with E-state index < -0.39 is 10.0 Å². The minimum absolute atomic E-state index is 0.0921. The molecule has 0 atom stereocenters. The minimum atomic E-state index is -3.75. The summed E-state index contributed by atoms with van der Waals surface area (Å²) < 4.78 is 29.0. The summed E-state index contributed by atoms with van der Waals surface area (Å²) >= 11 is 6.57. The Bertz CT molecular complexity index is 751. The highest BCUT2D eigenvalue weighted by Gasteiger charge is 2.21. The van der Waals surface area contributed by atoms with Crippen molar-refractivity contribution >= 4 is 53.4 Å². The van der Waals surface area contributed by atoms with Crippen LogP contribution in [0.25, 0.3) is 0 Å². The number of aromatic nitrogens is 1. The van der Waals surface area contributed by atoms with Crippen LogP contribution in [0, 0.1) is 0 Å². The van der Waals surface area contributed by atoms with Crippen molar-refractivity contribution in [1.29, 1.82) is 0 Å². The molecule has 0 aliphatic carbocycles. The Morgan fingerprint density at radius 2 is 1.95 bits per heavy atom. The van der Waals surface area contributed by atoms with E-state index in [-0.39, 0.29) is 4.90 Å². The first-order chi connectivity index (χ1) is 9.94. The van der Waals surface area contributed by atoms with Crippen LogP contribution in [0.1, 0.15) is 6.92 Å². The Labute approximate surface area is 140 Å². The number of anilines is 2. The van der Waals surface area contributed by atoms with Crippen LogP contribution in [0.4, 0.5) is 11.5 Å². The van der Waals surface area contributed by atoms with E-state index in [9.17, 15) is 8.42 Å². The molecule has 0 aliphatic heterocycles. The van der Waals surface area contributed by atoms with Gasteiger partial charge in [0.1, 0.15) is 10.7 Å². The van der Waals surface area contributed by atoms with Gasteiger partial charge in [-0.2, -0.15) is 0 Å². The van der Waals surface area contributed by atoms with Crippen molar-refractivity contribution in [2.45, 2.75) is 11.8 Å². The number of hydrogen-bond acceptors (Lipinski definition) is 4. The van der Waals surface area contributed by atoms with E-state index in [0.717, 1.165) is 0 Å². The fraction of sp³-hybridized carbons (Fsp3) is 0.154. The minimum Gasteiger partial charge on any atom is -0.369 e. The molecule has 2 aromatic rings. The van der Waals surface area contributed by atoms with E-state index in [1.54, 1.807) is 24.4 Å². The van der Waals surface area contributed by atoms with Crippen molar-refractivity contribution in [1.82, 2.24) is 4.98 Å². The second kappa shape index (κ2) is 6.76. The van der Waals surface area contributed by atoms with Crippen LogP contribution < -0.4 is 10.0 Å². The highest BCUT2D eigenvalue weighted by Crippen LogP contribution is 2.28. The Morgan fingerprint density at radius 3 is 2.62 bits per heavy atom. The molecular formula is C13H13Br2N3O2S. The Balaban J connectivity index is 2.44. The lowest BCUT2D eigenvalue weighted by Crippen LogP contribution is -2.16. The molecule has 21 heavy (non-hydrogen) atoms. The number of nitrogens with zero attached hydrogens (tertiary/aromatic N) is 1. The molecule has 0 bridgehead atoms. The maximum absolute atomic E-state index is 12.6. The van der Waals surface area contributed by atoms with E-state index in [4.69, 9.17) is 0 Å². The molecule has 5 nitrogen and oxygen atoms in total. The monoisotopic (exact) mass is 433 g/mol. The normalized spacial score (nSPS) is 11.2. The third-order valence-electron chi connectivity index (χ3n) is 2.57. The summed E-state index contributed by atoms with van der Waals surface area (Å²) in [5, 5.41) is 2.95. The summed E-state index contributed by atoms with van der Waals surface area (Å²) in [5.74, 6) is 0.320. The predicted molar refractivity (Wildman–Crippen MR) is 91.1 cm³/mol. The summed E-state index contributed by atoms with van der Waals surface area (Å²) in [5.41, 5.74) is 0.472. The highest BCUT2D eigenvalue weighted by molar-refractivity contribution is 9.10. The molecule has 0 spiro atoms. The van der Waals surface area contributed by atoms with Crippen molar-refractivity contribution < 1.29 is 8.42 Å². The molecule has 2 N–H and O–H groups in total. The topological polar surface area (TPSA) is 71.1 Å². The van der Waals surface area contributed by atoms with Crippen LogP contribution in [-0.2, 0) is 10.0 Å². The van der Waals surface area contributed by atoms with Crippen LogP contribution >= 0.6 is 31.9 Å². The van der Waals surface area contributed by atoms with Gasteiger partial charge in [0.05, 0.1) is 5.69 Å². The van der Waals surface area contributed by atoms with Gasteiger partial charge in [-0.15, -0.1) is 0 Å². The van der Waals surface area contributed by atoms with E-state index in [1.807, 2.05) is 13.0 Å². The first kappa shape index (κ1) is 16.3. The van der Waals surface area contributed by atoms with Gasteiger partial charge >= 0.3 is 0 Å². The lowest BCUT2D eigenvalue weighted by atomic mass is 10.3. The molecule has 0 saturated carbocycles. The second-order valence-corrected chi connectivity index (χ2v) is 7.54. The van der Waals surface area contributed by atoms with Gasteiger partial charge in [-0.05, 0) is 57.0 Å². The Kier molecular flexibility index (Phi) is 5.23. The summed E-state index contributed by atoms with van der Waals surface area (Å²) in [6.45, 7) is 2.45. The molecular weight excluding hydrogens is 422 g/mol. The molecule has 0 saturated heterocycles. The number of sulfonamides is 1. The number of hydrogen-bond donors (Lipinski definition) is 2. The lowest BCUT2D eigenvalue weighted by Gasteiger charge is -2.13. The molecule has 0 fully saturated rings.